The Morgan fingerprint density at radius 3 is 2.61 bits per heavy atom. The third-order valence-electron chi connectivity index (χ3n) is 5.20. The van der Waals surface area contributed by atoms with E-state index < -0.39 is 6.10 Å². The number of ether oxygens (including phenoxy) is 4. The number of rotatable bonds is 7. The van der Waals surface area contributed by atoms with Crippen molar-refractivity contribution >= 4 is 5.97 Å². The highest BCUT2D eigenvalue weighted by Gasteiger charge is 2.29. The molecule has 150 valence electrons. The summed E-state index contributed by atoms with van der Waals surface area (Å²) in [5.41, 5.74) is 1.92. The average Bonchev–Trinajstić information content (AvgIpc) is 3.14. The maximum Gasteiger partial charge on any atom is 0.303 e. The molecule has 0 amide bonds. The molecule has 3 rings (SSSR count). The lowest BCUT2D eigenvalue weighted by atomic mass is 9.83. The van der Waals surface area contributed by atoms with Crippen LogP contribution in [0.1, 0.15) is 38.0 Å². The monoisotopic (exact) mass is 386 g/mol. The second-order valence-electron chi connectivity index (χ2n) is 7.19. The van der Waals surface area contributed by atoms with E-state index in [4.69, 9.17) is 18.9 Å². The highest BCUT2D eigenvalue weighted by molar-refractivity contribution is 5.66. The van der Waals surface area contributed by atoms with Crippen molar-refractivity contribution in [2.45, 2.75) is 33.3 Å². The second kappa shape index (κ2) is 8.42. The predicted octanol–water partition coefficient (Wildman–Crippen LogP) is 4.25. The SMILES string of the molecule is COc1cc(CC(C)C(C)C(OC(C)=O)c2ccc3c(c2)OCO3)ccc1O. The number of hydrogen-bond donors (Lipinski definition) is 1. The van der Waals surface area contributed by atoms with Crippen LogP contribution in [0.15, 0.2) is 36.4 Å². The van der Waals surface area contributed by atoms with Gasteiger partial charge in [0, 0.05) is 12.8 Å². The van der Waals surface area contributed by atoms with E-state index in [1.807, 2.05) is 30.3 Å². The molecular weight excluding hydrogens is 360 g/mol. The first-order valence-corrected chi connectivity index (χ1v) is 9.31. The van der Waals surface area contributed by atoms with Crippen molar-refractivity contribution in [1.29, 1.82) is 0 Å². The lowest BCUT2D eigenvalue weighted by Gasteiger charge is -2.29. The average molecular weight is 386 g/mol. The van der Waals surface area contributed by atoms with Crippen LogP contribution in [0.3, 0.4) is 0 Å². The molecule has 0 spiro atoms. The molecule has 0 fully saturated rings. The van der Waals surface area contributed by atoms with Gasteiger partial charge in [-0.15, -0.1) is 0 Å². The maximum atomic E-state index is 11.7. The van der Waals surface area contributed by atoms with Crippen LogP contribution in [0, 0.1) is 11.8 Å². The van der Waals surface area contributed by atoms with Crippen molar-refractivity contribution < 1.29 is 28.8 Å². The van der Waals surface area contributed by atoms with Gasteiger partial charge in [0.15, 0.2) is 23.0 Å². The third kappa shape index (κ3) is 4.32. The van der Waals surface area contributed by atoms with Crippen LogP contribution in [0.4, 0.5) is 0 Å². The Morgan fingerprint density at radius 2 is 1.89 bits per heavy atom. The Hall–Kier alpha value is -2.89. The number of fused-ring (bicyclic) bond motifs is 1. The van der Waals surface area contributed by atoms with Crippen LogP contribution in [-0.2, 0) is 16.0 Å². The smallest absolute Gasteiger partial charge is 0.303 e. The molecule has 0 saturated heterocycles. The predicted molar refractivity (Wildman–Crippen MR) is 104 cm³/mol. The van der Waals surface area contributed by atoms with Gasteiger partial charge in [0.2, 0.25) is 6.79 Å². The number of aromatic hydroxyl groups is 1. The van der Waals surface area contributed by atoms with Gasteiger partial charge >= 0.3 is 5.97 Å². The lowest BCUT2D eigenvalue weighted by molar-refractivity contribution is -0.150. The Labute approximate surface area is 165 Å². The third-order valence-corrected chi connectivity index (χ3v) is 5.20. The normalized spacial score (nSPS) is 15.6. The summed E-state index contributed by atoms with van der Waals surface area (Å²) in [6.45, 7) is 5.81. The molecule has 6 heteroatoms. The highest BCUT2D eigenvalue weighted by Crippen LogP contribution is 2.39. The Morgan fingerprint density at radius 1 is 1.14 bits per heavy atom. The zero-order valence-corrected chi connectivity index (χ0v) is 16.6. The molecule has 0 radical (unpaired) electrons. The molecule has 2 aromatic carbocycles. The van der Waals surface area contributed by atoms with E-state index in [1.165, 1.54) is 14.0 Å². The van der Waals surface area contributed by atoms with Gasteiger partial charge in [-0.1, -0.05) is 26.0 Å². The van der Waals surface area contributed by atoms with E-state index in [0.717, 1.165) is 17.5 Å². The Kier molecular flexibility index (Phi) is 5.97. The van der Waals surface area contributed by atoms with Crippen LogP contribution in [0.25, 0.3) is 0 Å². The van der Waals surface area contributed by atoms with E-state index >= 15 is 0 Å². The summed E-state index contributed by atoms with van der Waals surface area (Å²) in [6.07, 6.45) is 0.348. The molecule has 3 unspecified atom stereocenters. The molecule has 0 bridgehead atoms. The van der Waals surface area contributed by atoms with Crippen LogP contribution in [0.2, 0.25) is 0 Å². The van der Waals surface area contributed by atoms with Crippen molar-refractivity contribution in [3.63, 3.8) is 0 Å². The van der Waals surface area contributed by atoms with Crippen LogP contribution in [-0.4, -0.2) is 25.0 Å². The number of carbonyl (C=O) groups excluding carboxylic acids is 1. The largest absolute Gasteiger partial charge is 0.504 e. The minimum Gasteiger partial charge on any atom is -0.504 e. The number of phenols is 1. The van der Waals surface area contributed by atoms with Crippen LogP contribution >= 0.6 is 0 Å². The Balaban J connectivity index is 1.80. The van der Waals surface area contributed by atoms with Gasteiger partial charge < -0.3 is 24.1 Å². The van der Waals surface area contributed by atoms with E-state index in [2.05, 4.69) is 13.8 Å². The molecule has 1 aliphatic rings. The second-order valence-corrected chi connectivity index (χ2v) is 7.19. The molecule has 1 heterocycles. The molecule has 0 aliphatic carbocycles. The van der Waals surface area contributed by atoms with Gasteiger partial charge in [-0.25, -0.2) is 0 Å². The maximum absolute atomic E-state index is 11.7. The summed E-state index contributed by atoms with van der Waals surface area (Å²) in [5.74, 6) is 1.84. The lowest BCUT2D eigenvalue weighted by Crippen LogP contribution is -2.23. The van der Waals surface area contributed by atoms with E-state index in [9.17, 15) is 9.90 Å². The zero-order chi connectivity index (χ0) is 20.3. The number of carbonyl (C=O) groups is 1. The highest BCUT2D eigenvalue weighted by atomic mass is 16.7. The number of esters is 1. The van der Waals surface area contributed by atoms with Crippen molar-refractivity contribution in [1.82, 2.24) is 0 Å². The summed E-state index contributed by atoms with van der Waals surface area (Å²) < 4.78 is 21.7. The van der Waals surface area contributed by atoms with Crippen molar-refractivity contribution in [2.24, 2.45) is 11.8 Å². The first-order chi connectivity index (χ1) is 13.4. The quantitative estimate of drug-likeness (QED) is 0.717. The molecular formula is C22H26O6. The summed E-state index contributed by atoms with van der Waals surface area (Å²) in [7, 11) is 1.53. The summed E-state index contributed by atoms with van der Waals surface area (Å²) in [6, 6.07) is 11.0. The van der Waals surface area contributed by atoms with E-state index in [1.54, 1.807) is 6.07 Å². The van der Waals surface area contributed by atoms with Crippen LogP contribution in [0.5, 0.6) is 23.0 Å². The molecule has 1 N–H and O–H groups in total. The summed E-state index contributed by atoms with van der Waals surface area (Å²) >= 11 is 0. The van der Waals surface area contributed by atoms with Gasteiger partial charge in [-0.2, -0.15) is 0 Å². The van der Waals surface area contributed by atoms with Crippen molar-refractivity contribution in [3.05, 3.63) is 47.5 Å². The minimum atomic E-state index is -0.402. The number of benzene rings is 2. The first kappa shape index (κ1) is 19.9. The Bertz CT molecular complexity index is 847. The van der Waals surface area contributed by atoms with Crippen molar-refractivity contribution in [3.8, 4) is 23.0 Å². The fourth-order valence-corrected chi connectivity index (χ4v) is 3.45. The molecule has 2 aromatic rings. The topological polar surface area (TPSA) is 74.2 Å². The molecule has 1 aliphatic heterocycles. The molecule has 3 atom stereocenters. The number of phenolic OH excluding ortho intramolecular Hbond substituents is 1. The fraction of sp³-hybridized carbons (Fsp3) is 0.409. The standard InChI is InChI=1S/C22H26O6/c1-13(9-16-5-7-18(24)20(10-16)25-4)14(2)22(28-15(3)23)17-6-8-19-21(11-17)27-12-26-19/h5-8,10-11,13-14,22,24H,9,12H2,1-4H3. The first-order valence-electron chi connectivity index (χ1n) is 9.31. The fourth-order valence-electron chi connectivity index (χ4n) is 3.45. The minimum absolute atomic E-state index is 0.0454. The molecule has 28 heavy (non-hydrogen) atoms. The molecule has 6 nitrogen and oxygen atoms in total. The summed E-state index contributed by atoms with van der Waals surface area (Å²) in [5, 5.41) is 9.79. The molecule has 0 aromatic heterocycles. The zero-order valence-electron chi connectivity index (χ0n) is 16.6. The van der Waals surface area contributed by atoms with Gasteiger partial charge in [-0.05, 0) is 47.7 Å². The number of hydrogen-bond acceptors (Lipinski definition) is 6. The van der Waals surface area contributed by atoms with Gasteiger partial charge in [-0.3, -0.25) is 4.79 Å². The van der Waals surface area contributed by atoms with Crippen molar-refractivity contribution in [2.75, 3.05) is 13.9 Å². The summed E-state index contributed by atoms with van der Waals surface area (Å²) in [4.78, 5) is 11.7. The van der Waals surface area contributed by atoms with E-state index in [-0.39, 0.29) is 30.3 Å². The van der Waals surface area contributed by atoms with Crippen LogP contribution < -0.4 is 14.2 Å². The van der Waals surface area contributed by atoms with Gasteiger partial charge in [0.1, 0.15) is 6.10 Å². The van der Waals surface area contributed by atoms with Gasteiger partial charge in [0.05, 0.1) is 7.11 Å². The van der Waals surface area contributed by atoms with Gasteiger partial charge in [0.25, 0.3) is 0 Å². The number of methoxy groups -OCH3 is 1. The molecule has 0 saturated carbocycles. The van der Waals surface area contributed by atoms with E-state index in [0.29, 0.717) is 17.2 Å².